The molecule has 0 spiro atoms. The van der Waals surface area contributed by atoms with Gasteiger partial charge in [-0.05, 0) is 0 Å². The first-order chi connectivity index (χ1) is 8.58. The van der Waals surface area contributed by atoms with Crippen molar-refractivity contribution in [2.45, 2.75) is 0 Å². The van der Waals surface area contributed by atoms with Gasteiger partial charge in [0.25, 0.3) is 0 Å². The maximum atomic E-state index is 11.5. The highest BCUT2D eigenvalue weighted by Crippen LogP contribution is 2.40. The molecule has 0 aliphatic rings. The van der Waals surface area contributed by atoms with E-state index in [0.29, 0.717) is 22.9 Å². The summed E-state index contributed by atoms with van der Waals surface area (Å²) < 4.78 is 15.6. The summed E-state index contributed by atoms with van der Waals surface area (Å²) in [6.07, 6.45) is 0. The molecule has 0 heterocycles. The summed E-state index contributed by atoms with van der Waals surface area (Å²) in [4.78, 5) is 13.0. The lowest BCUT2D eigenvalue weighted by molar-refractivity contribution is -0.116. The number of amides is 1. The van der Waals surface area contributed by atoms with Crippen molar-refractivity contribution in [3.05, 3.63) is 12.1 Å². The minimum absolute atomic E-state index is 0.0901. The first-order valence-corrected chi connectivity index (χ1v) is 5.75. The molecule has 0 aromatic heterocycles. The Morgan fingerprint density at radius 3 is 2.00 bits per heavy atom. The van der Waals surface area contributed by atoms with E-state index in [1.807, 2.05) is 0 Å². The summed E-state index contributed by atoms with van der Waals surface area (Å²) >= 11 is 5.52. The van der Waals surface area contributed by atoms with Crippen LogP contribution in [0.15, 0.2) is 12.1 Å². The highest BCUT2D eigenvalue weighted by molar-refractivity contribution is 6.29. The predicted octanol–water partition coefficient (Wildman–Crippen LogP) is 1.91. The van der Waals surface area contributed by atoms with E-state index in [2.05, 4.69) is 0 Å². The zero-order chi connectivity index (χ0) is 13.7. The van der Waals surface area contributed by atoms with Crippen molar-refractivity contribution in [1.82, 2.24) is 0 Å². The number of ether oxygens (including phenoxy) is 3. The van der Waals surface area contributed by atoms with Crippen LogP contribution in [-0.4, -0.2) is 40.2 Å². The van der Waals surface area contributed by atoms with Crippen molar-refractivity contribution < 1.29 is 19.0 Å². The lowest BCUT2D eigenvalue weighted by atomic mass is 10.2. The Labute approximate surface area is 111 Å². The summed E-state index contributed by atoms with van der Waals surface area (Å²) in [5.41, 5.74) is 0.621. The molecule has 6 heteroatoms. The molecule has 1 rings (SSSR count). The average molecular weight is 274 g/mol. The molecule has 0 saturated heterocycles. The van der Waals surface area contributed by atoms with Crippen LogP contribution in [0.4, 0.5) is 5.69 Å². The molecule has 0 radical (unpaired) electrons. The number of halogens is 1. The quantitative estimate of drug-likeness (QED) is 0.769. The minimum atomic E-state index is -0.217. The van der Waals surface area contributed by atoms with Gasteiger partial charge in [0.1, 0.15) is 5.88 Å². The fourth-order valence-electron chi connectivity index (χ4n) is 1.49. The van der Waals surface area contributed by atoms with Gasteiger partial charge in [0.15, 0.2) is 11.5 Å². The van der Waals surface area contributed by atoms with Crippen LogP contribution < -0.4 is 19.1 Å². The first kappa shape index (κ1) is 14.4. The second kappa shape index (κ2) is 6.35. The first-order valence-electron chi connectivity index (χ1n) is 5.21. The molecule has 0 unspecified atom stereocenters. The molecule has 1 aromatic carbocycles. The van der Waals surface area contributed by atoms with Gasteiger partial charge in [-0.1, -0.05) is 0 Å². The van der Waals surface area contributed by atoms with E-state index in [4.69, 9.17) is 25.8 Å². The highest BCUT2D eigenvalue weighted by Gasteiger charge is 2.17. The van der Waals surface area contributed by atoms with Gasteiger partial charge < -0.3 is 19.1 Å². The van der Waals surface area contributed by atoms with Gasteiger partial charge in [-0.2, -0.15) is 0 Å². The number of hydrogen-bond donors (Lipinski definition) is 0. The van der Waals surface area contributed by atoms with Crippen LogP contribution in [-0.2, 0) is 4.79 Å². The van der Waals surface area contributed by atoms with E-state index in [1.54, 1.807) is 19.2 Å². The van der Waals surface area contributed by atoms with Gasteiger partial charge in [-0.15, -0.1) is 11.6 Å². The number of hydrogen-bond acceptors (Lipinski definition) is 4. The van der Waals surface area contributed by atoms with Gasteiger partial charge >= 0.3 is 0 Å². The van der Waals surface area contributed by atoms with Crippen molar-refractivity contribution in [2.75, 3.05) is 39.2 Å². The normalized spacial score (nSPS) is 9.83. The molecule has 0 saturated carbocycles. The number of carbonyl (C=O) groups excluding carboxylic acids is 1. The van der Waals surface area contributed by atoms with Gasteiger partial charge in [-0.3, -0.25) is 4.79 Å². The third kappa shape index (κ3) is 2.79. The largest absolute Gasteiger partial charge is 0.493 e. The standard InChI is InChI=1S/C12H16ClNO4/c1-14(11(15)7-13)8-5-9(16-2)12(18-4)10(6-8)17-3/h5-6H,7H2,1-4H3. The minimum Gasteiger partial charge on any atom is -0.493 e. The number of nitrogens with zero attached hydrogens (tertiary/aromatic N) is 1. The number of anilines is 1. The van der Waals surface area contributed by atoms with Crippen molar-refractivity contribution in [2.24, 2.45) is 0 Å². The van der Waals surface area contributed by atoms with Crippen molar-refractivity contribution in [3.8, 4) is 17.2 Å². The Morgan fingerprint density at radius 1 is 1.17 bits per heavy atom. The molecule has 0 aliphatic carbocycles. The molecule has 0 fully saturated rings. The fraction of sp³-hybridized carbons (Fsp3) is 0.417. The van der Waals surface area contributed by atoms with Gasteiger partial charge in [0.2, 0.25) is 11.7 Å². The summed E-state index contributed by atoms with van der Waals surface area (Å²) in [5.74, 6) is 1.15. The van der Waals surface area contributed by atoms with Crippen LogP contribution in [0, 0.1) is 0 Å². The van der Waals surface area contributed by atoms with E-state index >= 15 is 0 Å². The number of rotatable bonds is 5. The molecule has 0 atom stereocenters. The van der Waals surface area contributed by atoms with Crippen LogP contribution in [0.3, 0.4) is 0 Å². The summed E-state index contributed by atoms with van der Waals surface area (Å²) in [6.45, 7) is 0. The van der Waals surface area contributed by atoms with Gasteiger partial charge in [0.05, 0.1) is 27.0 Å². The Hall–Kier alpha value is -1.62. The zero-order valence-corrected chi connectivity index (χ0v) is 11.6. The van der Waals surface area contributed by atoms with Gasteiger partial charge in [0, 0.05) is 19.2 Å². The van der Waals surface area contributed by atoms with Crippen LogP contribution in [0.1, 0.15) is 0 Å². The third-order valence-electron chi connectivity index (χ3n) is 2.53. The maximum Gasteiger partial charge on any atom is 0.241 e. The number of alkyl halides is 1. The Balaban J connectivity index is 3.27. The number of carbonyl (C=O) groups is 1. The van der Waals surface area contributed by atoms with Crippen LogP contribution in [0.5, 0.6) is 17.2 Å². The predicted molar refractivity (Wildman–Crippen MR) is 70.2 cm³/mol. The molecule has 18 heavy (non-hydrogen) atoms. The molecule has 1 aromatic rings. The lowest BCUT2D eigenvalue weighted by Crippen LogP contribution is -2.27. The molecule has 1 amide bonds. The Bertz CT molecular complexity index is 411. The number of benzene rings is 1. The molecule has 0 bridgehead atoms. The summed E-state index contributed by atoms with van der Waals surface area (Å²) in [5, 5.41) is 0. The van der Waals surface area contributed by atoms with E-state index in [1.165, 1.54) is 26.2 Å². The van der Waals surface area contributed by atoms with Crippen LogP contribution in [0.2, 0.25) is 0 Å². The molecular formula is C12H16ClNO4. The average Bonchev–Trinajstić information content (AvgIpc) is 2.43. The zero-order valence-electron chi connectivity index (χ0n) is 10.8. The third-order valence-corrected chi connectivity index (χ3v) is 2.75. The second-order valence-electron chi connectivity index (χ2n) is 3.47. The molecular weight excluding hydrogens is 258 g/mol. The number of methoxy groups -OCH3 is 3. The van der Waals surface area contributed by atoms with Crippen molar-refractivity contribution in [3.63, 3.8) is 0 Å². The lowest BCUT2D eigenvalue weighted by Gasteiger charge is -2.19. The monoisotopic (exact) mass is 273 g/mol. The molecule has 5 nitrogen and oxygen atoms in total. The molecule has 100 valence electrons. The molecule has 0 N–H and O–H groups in total. The van der Waals surface area contributed by atoms with Gasteiger partial charge in [-0.25, -0.2) is 0 Å². The summed E-state index contributed by atoms with van der Waals surface area (Å²) in [7, 11) is 6.19. The smallest absolute Gasteiger partial charge is 0.241 e. The fourth-order valence-corrected chi connectivity index (χ4v) is 1.67. The van der Waals surface area contributed by atoms with E-state index in [-0.39, 0.29) is 11.8 Å². The van der Waals surface area contributed by atoms with Crippen molar-refractivity contribution >= 4 is 23.2 Å². The van der Waals surface area contributed by atoms with Crippen LogP contribution >= 0.6 is 11.6 Å². The topological polar surface area (TPSA) is 48.0 Å². The Morgan fingerprint density at radius 2 is 1.67 bits per heavy atom. The SMILES string of the molecule is COc1cc(N(C)C(=O)CCl)cc(OC)c1OC. The van der Waals surface area contributed by atoms with Crippen molar-refractivity contribution in [1.29, 1.82) is 0 Å². The second-order valence-corrected chi connectivity index (χ2v) is 3.74. The van der Waals surface area contributed by atoms with E-state index in [0.717, 1.165) is 0 Å². The maximum absolute atomic E-state index is 11.5. The Kier molecular flexibility index (Phi) is 5.09. The highest BCUT2D eigenvalue weighted by atomic mass is 35.5. The van der Waals surface area contributed by atoms with E-state index < -0.39 is 0 Å². The van der Waals surface area contributed by atoms with E-state index in [9.17, 15) is 4.79 Å². The summed E-state index contributed by atoms with van der Waals surface area (Å²) in [6, 6.07) is 3.37. The molecule has 0 aliphatic heterocycles. The van der Waals surface area contributed by atoms with Crippen LogP contribution in [0.25, 0.3) is 0 Å².